The van der Waals surface area contributed by atoms with E-state index in [2.05, 4.69) is 15.6 Å². The van der Waals surface area contributed by atoms with Crippen LogP contribution in [0.3, 0.4) is 0 Å². The largest absolute Gasteiger partial charge is 0.344 e. The van der Waals surface area contributed by atoms with Crippen LogP contribution in [0, 0.1) is 0 Å². The van der Waals surface area contributed by atoms with E-state index in [4.69, 9.17) is 0 Å². The van der Waals surface area contributed by atoms with Crippen molar-refractivity contribution in [2.24, 2.45) is 0 Å². The number of aromatic nitrogens is 1. The zero-order valence-electron chi connectivity index (χ0n) is 13.3. The van der Waals surface area contributed by atoms with E-state index < -0.39 is 6.04 Å². The Morgan fingerprint density at radius 1 is 1.08 bits per heavy atom. The zero-order valence-corrected chi connectivity index (χ0v) is 13.3. The molecule has 2 heterocycles. The van der Waals surface area contributed by atoms with Crippen molar-refractivity contribution in [1.82, 2.24) is 10.3 Å². The van der Waals surface area contributed by atoms with Gasteiger partial charge in [-0.15, -0.1) is 0 Å². The number of hydrogen-bond acceptors (Lipinski definition) is 3. The van der Waals surface area contributed by atoms with Gasteiger partial charge in [0.1, 0.15) is 6.04 Å². The molecule has 2 amide bonds. The summed E-state index contributed by atoms with van der Waals surface area (Å²) in [5, 5.41) is 6.52. The van der Waals surface area contributed by atoms with E-state index >= 15 is 0 Å². The molecular formula is C18H19N3O3. The third-order valence-electron chi connectivity index (χ3n) is 4.91. The summed E-state index contributed by atoms with van der Waals surface area (Å²) in [4.78, 5) is 38.6. The Balaban J connectivity index is 1.65. The standard InChI is InChI=1S/C18H19N3O3/c22-16-8-7-14(20-16)18(24)19-10-5-6-12-11-3-1-2-4-13(11)17(23)21-15(12)9-10/h5-6,9,14H,1-4,7-8H2,(H,19,24)(H,20,22)(H,21,23). The number of amides is 2. The average molecular weight is 325 g/mol. The summed E-state index contributed by atoms with van der Waals surface area (Å²) in [6, 6.07) is 5.12. The molecule has 1 aromatic carbocycles. The predicted molar refractivity (Wildman–Crippen MR) is 91.0 cm³/mol. The van der Waals surface area contributed by atoms with Gasteiger partial charge in [0.25, 0.3) is 5.56 Å². The molecular weight excluding hydrogens is 306 g/mol. The lowest BCUT2D eigenvalue weighted by atomic mass is 9.90. The lowest BCUT2D eigenvalue weighted by Crippen LogP contribution is -2.37. The Kier molecular flexibility index (Phi) is 3.59. The van der Waals surface area contributed by atoms with Crippen molar-refractivity contribution in [2.45, 2.75) is 44.6 Å². The normalized spacial score (nSPS) is 19.8. The molecule has 2 aliphatic rings. The van der Waals surface area contributed by atoms with E-state index in [1.165, 1.54) is 0 Å². The van der Waals surface area contributed by atoms with Crippen LogP contribution in [0.15, 0.2) is 23.0 Å². The van der Waals surface area contributed by atoms with Crippen LogP contribution in [-0.4, -0.2) is 22.8 Å². The molecule has 3 N–H and O–H groups in total. The van der Waals surface area contributed by atoms with Crippen molar-refractivity contribution >= 4 is 28.4 Å². The van der Waals surface area contributed by atoms with E-state index in [9.17, 15) is 14.4 Å². The minimum atomic E-state index is -0.476. The van der Waals surface area contributed by atoms with Crippen molar-refractivity contribution in [1.29, 1.82) is 0 Å². The lowest BCUT2D eigenvalue weighted by molar-refractivity contribution is -0.122. The van der Waals surface area contributed by atoms with Crippen molar-refractivity contribution in [2.75, 3.05) is 5.32 Å². The first kappa shape index (κ1) is 14.9. The second-order valence-corrected chi connectivity index (χ2v) is 6.53. The van der Waals surface area contributed by atoms with Gasteiger partial charge in [0.05, 0.1) is 5.52 Å². The third kappa shape index (κ3) is 2.58. The Morgan fingerprint density at radius 2 is 1.88 bits per heavy atom. The fourth-order valence-corrected chi connectivity index (χ4v) is 3.68. The number of aryl methyl sites for hydroxylation is 1. The highest BCUT2D eigenvalue weighted by atomic mass is 16.2. The molecule has 0 spiro atoms. The molecule has 1 aliphatic heterocycles. The van der Waals surface area contributed by atoms with Gasteiger partial charge in [0.15, 0.2) is 0 Å². The first-order valence-electron chi connectivity index (χ1n) is 8.40. The van der Waals surface area contributed by atoms with Crippen LogP contribution < -0.4 is 16.2 Å². The molecule has 2 aromatic rings. The highest BCUT2D eigenvalue weighted by Gasteiger charge is 2.27. The number of nitrogens with one attached hydrogen (secondary N) is 3. The van der Waals surface area contributed by atoms with Gasteiger partial charge in [-0.1, -0.05) is 6.07 Å². The first-order chi connectivity index (χ1) is 11.6. The van der Waals surface area contributed by atoms with Crippen molar-refractivity contribution in [3.8, 4) is 0 Å². The predicted octanol–water partition coefficient (Wildman–Crippen LogP) is 1.62. The quantitative estimate of drug-likeness (QED) is 0.783. The summed E-state index contributed by atoms with van der Waals surface area (Å²) in [5.74, 6) is -0.315. The zero-order chi connectivity index (χ0) is 16.7. The number of carbonyl (C=O) groups is 2. The third-order valence-corrected chi connectivity index (χ3v) is 4.91. The Hall–Kier alpha value is -2.63. The first-order valence-corrected chi connectivity index (χ1v) is 8.40. The van der Waals surface area contributed by atoms with E-state index in [1.54, 1.807) is 6.07 Å². The molecule has 24 heavy (non-hydrogen) atoms. The van der Waals surface area contributed by atoms with Crippen LogP contribution in [0.2, 0.25) is 0 Å². The second-order valence-electron chi connectivity index (χ2n) is 6.53. The minimum absolute atomic E-state index is 0.0243. The van der Waals surface area contributed by atoms with Crippen LogP contribution in [0.4, 0.5) is 5.69 Å². The number of fused-ring (bicyclic) bond motifs is 3. The van der Waals surface area contributed by atoms with Gasteiger partial charge in [-0.25, -0.2) is 0 Å². The molecule has 0 radical (unpaired) electrons. The topological polar surface area (TPSA) is 91.1 Å². The Morgan fingerprint density at radius 3 is 2.62 bits per heavy atom. The molecule has 6 nitrogen and oxygen atoms in total. The number of anilines is 1. The van der Waals surface area contributed by atoms with Gasteiger partial charge >= 0.3 is 0 Å². The maximum absolute atomic E-state index is 12.3. The molecule has 1 aromatic heterocycles. The van der Waals surface area contributed by atoms with Crippen molar-refractivity contribution in [3.05, 3.63) is 39.7 Å². The molecule has 6 heteroatoms. The highest BCUT2D eigenvalue weighted by Crippen LogP contribution is 2.27. The number of rotatable bonds is 2. The van der Waals surface area contributed by atoms with E-state index in [0.29, 0.717) is 18.5 Å². The highest BCUT2D eigenvalue weighted by molar-refractivity contribution is 6.00. The number of aromatic amines is 1. The maximum Gasteiger partial charge on any atom is 0.251 e. The Labute approximate surface area is 138 Å². The van der Waals surface area contributed by atoms with Gasteiger partial charge < -0.3 is 15.6 Å². The van der Waals surface area contributed by atoms with Gasteiger partial charge in [0, 0.05) is 23.1 Å². The molecule has 1 aliphatic carbocycles. The maximum atomic E-state index is 12.3. The van der Waals surface area contributed by atoms with E-state index in [0.717, 1.165) is 47.7 Å². The molecule has 124 valence electrons. The second kappa shape index (κ2) is 5.78. The molecule has 1 unspecified atom stereocenters. The van der Waals surface area contributed by atoms with Gasteiger partial charge in [-0.2, -0.15) is 0 Å². The number of benzene rings is 1. The van der Waals surface area contributed by atoms with E-state index in [-0.39, 0.29) is 17.4 Å². The van der Waals surface area contributed by atoms with Crippen LogP contribution in [0.1, 0.15) is 36.8 Å². The Bertz CT molecular complexity index is 900. The van der Waals surface area contributed by atoms with Crippen molar-refractivity contribution < 1.29 is 9.59 Å². The number of hydrogen-bond donors (Lipinski definition) is 3. The monoisotopic (exact) mass is 325 g/mol. The molecule has 0 bridgehead atoms. The fourth-order valence-electron chi connectivity index (χ4n) is 3.68. The average Bonchev–Trinajstić information content (AvgIpc) is 3.02. The summed E-state index contributed by atoms with van der Waals surface area (Å²) in [6.07, 6.45) is 4.82. The van der Waals surface area contributed by atoms with Crippen molar-refractivity contribution in [3.63, 3.8) is 0 Å². The molecule has 4 rings (SSSR count). The summed E-state index contributed by atoms with van der Waals surface area (Å²) < 4.78 is 0. The van der Waals surface area contributed by atoms with Gasteiger partial charge in [0.2, 0.25) is 11.8 Å². The molecule has 1 fully saturated rings. The fraction of sp³-hybridized carbons (Fsp3) is 0.389. The number of pyridine rings is 1. The SMILES string of the molecule is O=C1CCC(C(=O)Nc2ccc3c4c(c(=O)[nH]c3c2)CCCC4)N1. The van der Waals surface area contributed by atoms with Crippen LogP contribution >= 0.6 is 0 Å². The van der Waals surface area contributed by atoms with Gasteiger partial charge in [-0.05, 0) is 49.8 Å². The molecule has 0 saturated carbocycles. The van der Waals surface area contributed by atoms with E-state index in [1.807, 2.05) is 12.1 Å². The van der Waals surface area contributed by atoms with Crippen LogP contribution in [-0.2, 0) is 22.4 Å². The summed E-state index contributed by atoms with van der Waals surface area (Å²) in [7, 11) is 0. The molecule has 1 atom stereocenters. The summed E-state index contributed by atoms with van der Waals surface area (Å²) in [5.41, 5.74) is 3.39. The summed E-state index contributed by atoms with van der Waals surface area (Å²) >= 11 is 0. The number of H-pyrrole nitrogens is 1. The summed E-state index contributed by atoms with van der Waals surface area (Å²) in [6.45, 7) is 0. The van der Waals surface area contributed by atoms with Crippen LogP contribution in [0.25, 0.3) is 10.9 Å². The minimum Gasteiger partial charge on any atom is -0.344 e. The number of carbonyl (C=O) groups excluding carboxylic acids is 2. The smallest absolute Gasteiger partial charge is 0.251 e. The van der Waals surface area contributed by atoms with Crippen LogP contribution in [0.5, 0.6) is 0 Å². The lowest BCUT2D eigenvalue weighted by Gasteiger charge is -2.17. The molecule has 1 saturated heterocycles. The van der Waals surface area contributed by atoms with Gasteiger partial charge in [-0.3, -0.25) is 14.4 Å².